The summed E-state index contributed by atoms with van der Waals surface area (Å²) in [5, 5.41) is 0. The number of fused-ring (bicyclic) bond motifs is 1. The predicted molar refractivity (Wildman–Crippen MR) is 96.7 cm³/mol. The van der Waals surface area contributed by atoms with E-state index in [4.69, 9.17) is 0 Å². The number of hydrogen-bond acceptors (Lipinski definition) is 5. The lowest BCUT2D eigenvalue weighted by Gasteiger charge is -2.09. The molecule has 0 aliphatic carbocycles. The van der Waals surface area contributed by atoms with Crippen LogP contribution in [-0.2, 0) is 22.8 Å². The number of imidazole rings is 1. The Balaban J connectivity index is 2.29. The Morgan fingerprint density at radius 3 is 2.54 bits per heavy atom. The Kier molecular flexibility index (Phi) is 4.60. The van der Waals surface area contributed by atoms with Crippen LogP contribution in [0.15, 0.2) is 33.9 Å². The van der Waals surface area contributed by atoms with Crippen LogP contribution < -0.4 is 0 Å². The molecule has 0 aliphatic heterocycles. The summed E-state index contributed by atoms with van der Waals surface area (Å²) in [5.74, 6) is -2.92. The molecule has 0 bridgehead atoms. The fourth-order valence-electron chi connectivity index (χ4n) is 2.51. The second kappa shape index (κ2) is 6.34. The second-order valence-corrected chi connectivity index (χ2v) is 9.02. The highest BCUT2D eigenvalue weighted by atomic mass is 79.9. The molecule has 0 fully saturated rings. The van der Waals surface area contributed by atoms with Crippen LogP contribution >= 0.6 is 15.9 Å². The van der Waals surface area contributed by atoms with Gasteiger partial charge < -0.3 is 4.57 Å². The van der Waals surface area contributed by atoms with Gasteiger partial charge in [0.25, 0.3) is 5.92 Å². The van der Waals surface area contributed by atoms with E-state index in [2.05, 4.69) is 30.9 Å². The van der Waals surface area contributed by atoms with Gasteiger partial charge in [0.15, 0.2) is 21.3 Å². The molecule has 3 aromatic heterocycles. The van der Waals surface area contributed by atoms with Gasteiger partial charge >= 0.3 is 0 Å². The van der Waals surface area contributed by atoms with Gasteiger partial charge in [0, 0.05) is 36.4 Å². The van der Waals surface area contributed by atoms with Crippen LogP contribution in [0, 0.1) is 0 Å². The van der Waals surface area contributed by atoms with E-state index in [1.165, 1.54) is 29.8 Å². The Morgan fingerprint density at radius 1 is 1.23 bits per heavy atom. The third-order valence-electron chi connectivity index (χ3n) is 3.96. The number of aryl methyl sites for hydroxylation is 1. The quantitative estimate of drug-likeness (QED) is 0.612. The third-order valence-corrected chi connectivity index (χ3v) is 6.14. The number of rotatable bonds is 4. The topological polar surface area (TPSA) is 77.7 Å². The molecule has 10 heteroatoms. The number of alkyl halides is 2. The zero-order chi connectivity index (χ0) is 19.3. The highest BCUT2D eigenvalue weighted by Gasteiger charge is 2.27. The maximum absolute atomic E-state index is 13.6. The van der Waals surface area contributed by atoms with Crippen LogP contribution in [0.2, 0.25) is 0 Å². The normalized spacial score (nSPS) is 12.7. The molecule has 3 aromatic rings. The molecule has 0 saturated heterocycles. The Hall–Kier alpha value is -1.94. The van der Waals surface area contributed by atoms with Gasteiger partial charge in [-0.1, -0.05) is 6.92 Å². The van der Waals surface area contributed by atoms with Crippen molar-refractivity contribution in [3.8, 4) is 11.5 Å². The number of halogens is 3. The van der Waals surface area contributed by atoms with Crippen molar-refractivity contribution >= 4 is 36.9 Å². The van der Waals surface area contributed by atoms with Crippen LogP contribution in [-0.4, -0.2) is 33.7 Å². The molecule has 0 spiro atoms. The van der Waals surface area contributed by atoms with Crippen molar-refractivity contribution in [3.63, 3.8) is 0 Å². The molecule has 0 amide bonds. The summed E-state index contributed by atoms with van der Waals surface area (Å²) in [5.41, 5.74) is 0.490. The molecule has 6 nitrogen and oxygen atoms in total. The number of aromatic nitrogens is 4. The predicted octanol–water partition coefficient (Wildman–Crippen LogP) is 3.70. The van der Waals surface area contributed by atoms with E-state index in [0.29, 0.717) is 10.1 Å². The van der Waals surface area contributed by atoms with E-state index < -0.39 is 15.8 Å². The van der Waals surface area contributed by atoms with Crippen LogP contribution in [0.1, 0.15) is 19.4 Å². The van der Waals surface area contributed by atoms with Gasteiger partial charge in [0.1, 0.15) is 11.2 Å². The SMILES string of the molecule is CCS(=O)(=O)c1cc(Br)cnc1-c1nc2cc(C(C)(F)F)cnc2n1C. The first kappa shape index (κ1) is 18.8. The average molecular weight is 445 g/mol. The molecule has 3 rings (SSSR count). The minimum absolute atomic E-state index is 0.0221. The minimum Gasteiger partial charge on any atom is -0.310 e. The zero-order valence-electron chi connectivity index (χ0n) is 14.2. The molecule has 0 saturated carbocycles. The molecule has 138 valence electrons. The second-order valence-electron chi connectivity index (χ2n) is 5.85. The average Bonchev–Trinajstić information content (AvgIpc) is 2.90. The summed E-state index contributed by atoms with van der Waals surface area (Å²) in [6.07, 6.45) is 2.55. The maximum atomic E-state index is 13.6. The third kappa shape index (κ3) is 3.23. The fourth-order valence-corrected chi connectivity index (χ4v) is 4.05. The molecule has 0 atom stereocenters. The van der Waals surface area contributed by atoms with Crippen molar-refractivity contribution in [3.05, 3.63) is 34.6 Å². The van der Waals surface area contributed by atoms with Crippen LogP contribution in [0.5, 0.6) is 0 Å². The van der Waals surface area contributed by atoms with E-state index in [0.717, 1.165) is 13.1 Å². The molecule has 0 radical (unpaired) electrons. The number of sulfone groups is 1. The highest BCUT2D eigenvalue weighted by Crippen LogP contribution is 2.32. The van der Waals surface area contributed by atoms with Gasteiger partial charge in [-0.25, -0.2) is 27.2 Å². The van der Waals surface area contributed by atoms with Gasteiger partial charge in [0.2, 0.25) is 0 Å². The lowest BCUT2D eigenvalue weighted by atomic mass is 10.2. The molecule has 26 heavy (non-hydrogen) atoms. The first-order valence-corrected chi connectivity index (χ1v) is 10.1. The van der Waals surface area contributed by atoms with Gasteiger partial charge in [-0.3, -0.25) is 4.98 Å². The van der Waals surface area contributed by atoms with Crippen LogP contribution in [0.4, 0.5) is 8.78 Å². The first-order chi connectivity index (χ1) is 12.0. The zero-order valence-corrected chi connectivity index (χ0v) is 16.6. The van der Waals surface area contributed by atoms with Gasteiger partial charge in [-0.2, -0.15) is 0 Å². The molecule has 0 aliphatic rings. The van der Waals surface area contributed by atoms with Crippen molar-refractivity contribution in [2.24, 2.45) is 7.05 Å². The van der Waals surface area contributed by atoms with E-state index in [1.807, 2.05) is 0 Å². The van der Waals surface area contributed by atoms with Crippen LogP contribution in [0.3, 0.4) is 0 Å². The summed E-state index contributed by atoms with van der Waals surface area (Å²) in [6.45, 7) is 2.31. The smallest absolute Gasteiger partial charge is 0.272 e. The van der Waals surface area contributed by atoms with Crippen molar-refractivity contribution in [1.29, 1.82) is 0 Å². The Morgan fingerprint density at radius 2 is 1.92 bits per heavy atom. The standard InChI is InChI=1S/C16H15BrF2N4O2S/c1-4-26(24,25)12-6-10(17)8-20-13(12)15-22-11-5-9(16(2,18)19)7-21-14(11)23(15)3/h5-8H,4H2,1-3H3. The van der Waals surface area contributed by atoms with Crippen molar-refractivity contribution in [2.45, 2.75) is 24.7 Å². The fraction of sp³-hybridized carbons (Fsp3) is 0.312. The lowest BCUT2D eigenvalue weighted by Crippen LogP contribution is -2.09. The maximum Gasteiger partial charge on any atom is 0.272 e. The van der Waals surface area contributed by atoms with Gasteiger partial charge in [-0.15, -0.1) is 0 Å². The van der Waals surface area contributed by atoms with Crippen molar-refractivity contribution in [2.75, 3.05) is 5.75 Å². The van der Waals surface area contributed by atoms with E-state index in [9.17, 15) is 17.2 Å². The highest BCUT2D eigenvalue weighted by molar-refractivity contribution is 9.10. The minimum atomic E-state index is -3.57. The molecular weight excluding hydrogens is 430 g/mol. The number of nitrogens with zero attached hydrogens (tertiary/aromatic N) is 4. The van der Waals surface area contributed by atoms with E-state index in [1.54, 1.807) is 7.05 Å². The Bertz CT molecular complexity index is 1110. The first-order valence-electron chi connectivity index (χ1n) is 7.64. The molecule has 3 heterocycles. The summed E-state index contributed by atoms with van der Waals surface area (Å²) < 4.78 is 54.0. The largest absolute Gasteiger partial charge is 0.310 e. The molecule has 0 N–H and O–H groups in total. The van der Waals surface area contributed by atoms with E-state index >= 15 is 0 Å². The Labute approximate surface area is 157 Å². The van der Waals surface area contributed by atoms with Crippen molar-refractivity contribution in [1.82, 2.24) is 19.5 Å². The van der Waals surface area contributed by atoms with Crippen molar-refractivity contribution < 1.29 is 17.2 Å². The summed E-state index contributed by atoms with van der Waals surface area (Å²) in [4.78, 5) is 12.6. The summed E-state index contributed by atoms with van der Waals surface area (Å²) in [6, 6.07) is 2.71. The monoisotopic (exact) mass is 444 g/mol. The molecule has 0 aromatic carbocycles. The summed E-state index contributed by atoms with van der Waals surface area (Å²) >= 11 is 3.23. The van der Waals surface area contributed by atoms with Gasteiger partial charge in [0.05, 0.1) is 10.6 Å². The van der Waals surface area contributed by atoms with Gasteiger partial charge in [-0.05, 0) is 28.1 Å². The number of pyridine rings is 2. The molecular formula is C16H15BrF2N4O2S. The van der Waals surface area contributed by atoms with E-state index in [-0.39, 0.29) is 33.2 Å². The lowest BCUT2D eigenvalue weighted by molar-refractivity contribution is 0.0172. The molecule has 0 unspecified atom stereocenters. The van der Waals surface area contributed by atoms with Crippen LogP contribution in [0.25, 0.3) is 22.7 Å². The number of hydrogen-bond donors (Lipinski definition) is 0. The summed E-state index contributed by atoms with van der Waals surface area (Å²) in [7, 11) is -1.94.